The van der Waals surface area contributed by atoms with E-state index in [0.29, 0.717) is 31.6 Å². The predicted octanol–water partition coefficient (Wildman–Crippen LogP) is 3.86. The lowest BCUT2D eigenvalue weighted by Gasteiger charge is -2.31. The Morgan fingerprint density at radius 3 is 2.76 bits per heavy atom. The zero-order valence-electron chi connectivity index (χ0n) is 13.9. The van der Waals surface area contributed by atoms with Crippen LogP contribution in [-0.2, 0) is 16.9 Å². The summed E-state index contributed by atoms with van der Waals surface area (Å²) in [4.78, 5) is 10.6. The smallest absolute Gasteiger partial charge is 0.123 e. The molecule has 0 aliphatic carbocycles. The summed E-state index contributed by atoms with van der Waals surface area (Å²) < 4.78 is 19.6. The SMILES string of the molecule is CN(CCC[C@@]1(c2ccc(F)cc2)OCc2cc(C#N)ccc21)N=O. The first-order valence-electron chi connectivity index (χ1n) is 8.07. The van der Waals surface area contributed by atoms with Gasteiger partial charge in [0.25, 0.3) is 0 Å². The highest BCUT2D eigenvalue weighted by atomic mass is 19.1. The highest BCUT2D eigenvalue weighted by Crippen LogP contribution is 2.45. The van der Waals surface area contributed by atoms with E-state index < -0.39 is 5.60 Å². The second-order valence-electron chi connectivity index (χ2n) is 6.17. The molecule has 0 radical (unpaired) electrons. The number of fused-ring (bicyclic) bond motifs is 1. The minimum atomic E-state index is -0.708. The fourth-order valence-corrected chi connectivity index (χ4v) is 3.36. The third-order valence-corrected chi connectivity index (χ3v) is 4.60. The molecule has 2 aromatic rings. The van der Waals surface area contributed by atoms with E-state index in [2.05, 4.69) is 11.4 Å². The first kappa shape index (κ1) is 17.1. The summed E-state index contributed by atoms with van der Waals surface area (Å²) in [6, 6.07) is 13.9. The molecule has 0 unspecified atom stereocenters. The van der Waals surface area contributed by atoms with Crippen molar-refractivity contribution in [1.29, 1.82) is 5.26 Å². The van der Waals surface area contributed by atoms with Crippen molar-refractivity contribution in [1.82, 2.24) is 5.01 Å². The van der Waals surface area contributed by atoms with Crippen molar-refractivity contribution in [3.05, 3.63) is 75.4 Å². The molecule has 0 aromatic heterocycles. The minimum absolute atomic E-state index is 0.304. The first-order chi connectivity index (χ1) is 12.1. The Hall–Kier alpha value is -2.78. The molecule has 3 rings (SSSR count). The van der Waals surface area contributed by atoms with Crippen LogP contribution < -0.4 is 0 Å². The second-order valence-corrected chi connectivity index (χ2v) is 6.17. The number of ether oxygens (including phenoxy) is 1. The van der Waals surface area contributed by atoms with Crippen molar-refractivity contribution in [2.75, 3.05) is 13.6 Å². The van der Waals surface area contributed by atoms with Crippen molar-refractivity contribution in [2.24, 2.45) is 5.29 Å². The maximum Gasteiger partial charge on any atom is 0.123 e. The average Bonchev–Trinajstić information content (AvgIpc) is 3.01. The van der Waals surface area contributed by atoms with E-state index in [4.69, 9.17) is 10.00 Å². The molecule has 1 aliphatic heterocycles. The fourth-order valence-electron chi connectivity index (χ4n) is 3.36. The predicted molar refractivity (Wildman–Crippen MR) is 90.8 cm³/mol. The van der Waals surface area contributed by atoms with Gasteiger partial charge in [-0.15, -0.1) is 4.91 Å². The summed E-state index contributed by atoms with van der Waals surface area (Å²) >= 11 is 0. The highest BCUT2D eigenvalue weighted by molar-refractivity contribution is 5.47. The molecule has 0 N–H and O–H groups in total. The molecule has 1 aliphatic rings. The van der Waals surface area contributed by atoms with Crippen molar-refractivity contribution in [3.63, 3.8) is 0 Å². The van der Waals surface area contributed by atoms with Gasteiger partial charge in [-0.3, -0.25) is 5.01 Å². The maximum atomic E-state index is 13.4. The van der Waals surface area contributed by atoms with E-state index in [0.717, 1.165) is 16.7 Å². The molecule has 0 bridgehead atoms. The number of benzene rings is 2. The third kappa shape index (κ3) is 3.24. The number of hydrogen-bond donors (Lipinski definition) is 0. The Kier molecular flexibility index (Phi) is 4.77. The van der Waals surface area contributed by atoms with E-state index in [1.54, 1.807) is 25.2 Å². The van der Waals surface area contributed by atoms with Crippen LogP contribution in [0.3, 0.4) is 0 Å². The zero-order valence-corrected chi connectivity index (χ0v) is 13.9. The molecule has 0 amide bonds. The van der Waals surface area contributed by atoms with E-state index in [-0.39, 0.29) is 5.82 Å². The maximum absolute atomic E-state index is 13.4. The van der Waals surface area contributed by atoms with Crippen LogP contribution in [0, 0.1) is 22.1 Å². The summed E-state index contributed by atoms with van der Waals surface area (Å²) in [5.74, 6) is -0.304. The molecule has 0 spiro atoms. The molecule has 1 atom stereocenters. The average molecular weight is 339 g/mol. The second kappa shape index (κ2) is 6.99. The molecule has 0 saturated carbocycles. The number of nitriles is 1. The molecule has 0 fully saturated rings. The summed E-state index contributed by atoms with van der Waals surface area (Å²) in [6.45, 7) is 0.894. The largest absolute Gasteiger partial charge is 0.361 e. The zero-order chi connectivity index (χ0) is 17.9. The topological polar surface area (TPSA) is 65.7 Å². The van der Waals surface area contributed by atoms with Crippen LogP contribution in [0.4, 0.5) is 4.39 Å². The summed E-state index contributed by atoms with van der Waals surface area (Å²) in [7, 11) is 1.63. The molecule has 5 nitrogen and oxygen atoms in total. The quantitative estimate of drug-likeness (QED) is 0.592. The first-order valence-corrected chi connectivity index (χ1v) is 8.07. The third-order valence-electron chi connectivity index (χ3n) is 4.60. The van der Waals surface area contributed by atoms with Crippen molar-refractivity contribution < 1.29 is 9.13 Å². The van der Waals surface area contributed by atoms with E-state index in [9.17, 15) is 9.30 Å². The Labute approximate surface area is 145 Å². The van der Waals surface area contributed by atoms with Gasteiger partial charge < -0.3 is 4.74 Å². The normalized spacial score (nSPS) is 18.4. The van der Waals surface area contributed by atoms with Crippen molar-refractivity contribution in [3.8, 4) is 6.07 Å². The van der Waals surface area contributed by atoms with Gasteiger partial charge in [0.05, 0.1) is 23.5 Å². The van der Waals surface area contributed by atoms with Crippen molar-refractivity contribution >= 4 is 0 Å². The van der Waals surface area contributed by atoms with Crippen LogP contribution in [-0.4, -0.2) is 18.6 Å². The van der Waals surface area contributed by atoms with E-state index in [1.807, 2.05) is 12.1 Å². The Balaban J connectivity index is 1.99. The van der Waals surface area contributed by atoms with Gasteiger partial charge in [-0.05, 0) is 53.8 Å². The minimum Gasteiger partial charge on any atom is -0.361 e. The van der Waals surface area contributed by atoms with Crippen LogP contribution in [0.5, 0.6) is 0 Å². The summed E-state index contributed by atoms with van der Waals surface area (Å²) in [5, 5.41) is 13.3. The number of nitrogens with zero attached hydrogens (tertiary/aromatic N) is 3. The molecular formula is C19H18FN3O2. The molecule has 1 heterocycles. The number of halogens is 1. The van der Waals surface area contributed by atoms with Crippen molar-refractivity contribution in [2.45, 2.75) is 25.0 Å². The van der Waals surface area contributed by atoms with Crippen LogP contribution >= 0.6 is 0 Å². The Bertz CT molecular complexity index is 816. The lowest BCUT2D eigenvalue weighted by Crippen LogP contribution is -2.28. The number of hydrogen-bond acceptors (Lipinski definition) is 4. The van der Waals surface area contributed by atoms with Gasteiger partial charge in [-0.2, -0.15) is 5.26 Å². The highest BCUT2D eigenvalue weighted by Gasteiger charge is 2.41. The van der Waals surface area contributed by atoms with Crippen LogP contribution in [0.25, 0.3) is 0 Å². The Morgan fingerprint density at radius 2 is 2.08 bits per heavy atom. The monoisotopic (exact) mass is 339 g/mol. The van der Waals surface area contributed by atoms with Gasteiger partial charge in [0, 0.05) is 13.6 Å². The van der Waals surface area contributed by atoms with Crippen LogP contribution in [0.2, 0.25) is 0 Å². The lowest BCUT2D eigenvalue weighted by atomic mass is 9.81. The molecule has 128 valence electrons. The van der Waals surface area contributed by atoms with Gasteiger partial charge in [0.1, 0.15) is 11.4 Å². The standard InChI is InChI=1S/C19H18FN3O2/c1-23(22-24)10-2-9-19(16-4-6-17(20)7-5-16)18-8-3-14(12-21)11-15(18)13-25-19/h3-8,11H,2,9-10,13H2,1H3/t19-/m0/s1. The Morgan fingerprint density at radius 1 is 1.32 bits per heavy atom. The van der Waals surface area contributed by atoms with Gasteiger partial charge >= 0.3 is 0 Å². The molecule has 0 saturated heterocycles. The van der Waals surface area contributed by atoms with Crippen LogP contribution in [0.1, 0.15) is 35.1 Å². The van der Waals surface area contributed by atoms with Gasteiger partial charge in [-0.1, -0.05) is 18.2 Å². The van der Waals surface area contributed by atoms with E-state index in [1.165, 1.54) is 17.1 Å². The molecular weight excluding hydrogens is 321 g/mol. The molecule has 2 aromatic carbocycles. The van der Waals surface area contributed by atoms with Crippen LogP contribution in [0.15, 0.2) is 47.8 Å². The fraction of sp³-hybridized carbons (Fsp3) is 0.316. The summed E-state index contributed by atoms with van der Waals surface area (Å²) in [5.41, 5.74) is 2.69. The lowest BCUT2D eigenvalue weighted by molar-refractivity contribution is -0.0142. The summed E-state index contributed by atoms with van der Waals surface area (Å²) in [6.07, 6.45) is 1.30. The van der Waals surface area contributed by atoms with Gasteiger partial charge in [-0.25, -0.2) is 4.39 Å². The number of nitroso groups, excluding NO2 is 1. The number of rotatable bonds is 6. The van der Waals surface area contributed by atoms with Gasteiger partial charge in [0.15, 0.2) is 0 Å². The molecule has 25 heavy (non-hydrogen) atoms. The van der Waals surface area contributed by atoms with Gasteiger partial charge in [0.2, 0.25) is 0 Å². The van der Waals surface area contributed by atoms with E-state index >= 15 is 0 Å². The molecule has 6 heteroatoms.